The number of hydrogen-bond donors (Lipinski definition) is 1. The van der Waals surface area contributed by atoms with E-state index < -0.39 is 0 Å². The minimum Gasteiger partial charge on any atom is -0.367 e. The molecule has 0 radical (unpaired) electrons. The third-order valence-electron chi connectivity index (χ3n) is 3.94. The van der Waals surface area contributed by atoms with Gasteiger partial charge in [-0.1, -0.05) is 6.07 Å². The number of anilines is 2. The number of piperidine rings is 1. The molecule has 1 aliphatic heterocycles. The predicted molar refractivity (Wildman–Crippen MR) is 86.8 cm³/mol. The molecular formula is C17H19N5. The van der Waals surface area contributed by atoms with Gasteiger partial charge in [-0.15, -0.1) is 0 Å². The monoisotopic (exact) mass is 293 g/mol. The zero-order valence-corrected chi connectivity index (χ0v) is 12.7. The number of nitriles is 1. The van der Waals surface area contributed by atoms with Gasteiger partial charge in [0.25, 0.3) is 0 Å². The van der Waals surface area contributed by atoms with Gasteiger partial charge in [0, 0.05) is 31.0 Å². The second-order valence-corrected chi connectivity index (χ2v) is 5.56. The molecule has 1 fully saturated rings. The second kappa shape index (κ2) is 6.44. The molecule has 3 heterocycles. The van der Waals surface area contributed by atoms with Gasteiger partial charge in [0.2, 0.25) is 0 Å². The summed E-state index contributed by atoms with van der Waals surface area (Å²) in [5.74, 6) is 1.74. The Morgan fingerprint density at radius 2 is 2.05 bits per heavy atom. The third kappa shape index (κ3) is 3.17. The summed E-state index contributed by atoms with van der Waals surface area (Å²) in [7, 11) is 0. The summed E-state index contributed by atoms with van der Waals surface area (Å²) in [6, 6.07) is 12.3. The van der Waals surface area contributed by atoms with Gasteiger partial charge < -0.3 is 10.2 Å². The summed E-state index contributed by atoms with van der Waals surface area (Å²) in [6.45, 7) is 3.79. The highest BCUT2D eigenvalue weighted by atomic mass is 15.2. The molecule has 3 rings (SSSR count). The quantitative estimate of drug-likeness (QED) is 0.942. The lowest BCUT2D eigenvalue weighted by Crippen LogP contribution is -2.40. The van der Waals surface area contributed by atoms with Gasteiger partial charge in [0.15, 0.2) is 0 Å². The topological polar surface area (TPSA) is 64.8 Å². The minimum absolute atomic E-state index is 0.416. The smallest absolute Gasteiger partial charge is 0.146 e. The van der Waals surface area contributed by atoms with Crippen LogP contribution in [0, 0.1) is 18.3 Å². The van der Waals surface area contributed by atoms with Crippen LogP contribution in [-0.2, 0) is 0 Å². The molecule has 0 aliphatic carbocycles. The maximum atomic E-state index is 9.18. The molecule has 0 atom stereocenters. The molecule has 0 saturated carbocycles. The van der Waals surface area contributed by atoms with Crippen LogP contribution < -0.4 is 10.2 Å². The van der Waals surface area contributed by atoms with Crippen LogP contribution in [0.1, 0.15) is 24.1 Å². The fourth-order valence-electron chi connectivity index (χ4n) is 2.80. The highest BCUT2D eigenvalue weighted by Gasteiger charge is 2.21. The highest BCUT2D eigenvalue weighted by Crippen LogP contribution is 2.22. The zero-order valence-electron chi connectivity index (χ0n) is 12.7. The van der Waals surface area contributed by atoms with Crippen molar-refractivity contribution in [3.63, 3.8) is 0 Å². The molecule has 1 aliphatic rings. The van der Waals surface area contributed by atoms with E-state index in [1.165, 1.54) is 0 Å². The molecule has 112 valence electrons. The van der Waals surface area contributed by atoms with Gasteiger partial charge in [0.1, 0.15) is 17.7 Å². The fourth-order valence-corrected chi connectivity index (χ4v) is 2.80. The molecule has 1 saturated heterocycles. The Hall–Kier alpha value is -2.61. The lowest BCUT2D eigenvalue weighted by molar-refractivity contribution is 0.522. The van der Waals surface area contributed by atoms with Gasteiger partial charge in [0.05, 0.1) is 5.56 Å². The van der Waals surface area contributed by atoms with Gasteiger partial charge in [-0.3, -0.25) is 0 Å². The number of hydrogen-bond acceptors (Lipinski definition) is 5. The van der Waals surface area contributed by atoms with E-state index in [9.17, 15) is 5.26 Å². The summed E-state index contributed by atoms with van der Waals surface area (Å²) < 4.78 is 0. The Morgan fingerprint density at radius 3 is 2.77 bits per heavy atom. The normalized spacial score (nSPS) is 15.4. The number of nitrogens with zero attached hydrogens (tertiary/aromatic N) is 4. The number of pyridine rings is 2. The van der Waals surface area contributed by atoms with Gasteiger partial charge in [-0.05, 0) is 44.0 Å². The third-order valence-corrected chi connectivity index (χ3v) is 3.94. The number of nitrogens with one attached hydrogen (secondary N) is 1. The van der Waals surface area contributed by atoms with Gasteiger partial charge >= 0.3 is 0 Å². The van der Waals surface area contributed by atoms with E-state index in [0.717, 1.165) is 43.3 Å². The van der Waals surface area contributed by atoms with Gasteiger partial charge in [-0.2, -0.15) is 5.26 Å². The molecule has 0 spiro atoms. The first kappa shape index (κ1) is 14.3. The molecule has 5 heteroatoms. The Bertz CT molecular complexity index is 683. The summed E-state index contributed by atoms with van der Waals surface area (Å²) in [4.78, 5) is 11.1. The minimum atomic E-state index is 0.416. The molecule has 2 aromatic heterocycles. The zero-order chi connectivity index (χ0) is 15.4. The van der Waals surface area contributed by atoms with Crippen molar-refractivity contribution in [2.75, 3.05) is 23.3 Å². The van der Waals surface area contributed by atoms with Gasteiger partial charge in [-0.25, -0.2) is 9.97 Å². The predicted octanol–water partition coefficient (Wildman–Crippen LogP) is 2.74. The number of aryl methyl sites for hydroxylation is 1. The Kier molecular flexibility index (Phi) is 4.19. The number of rotatable bonds is 3. The van der Waals surface area contributed by atoms with Crippen molar-refractivity contribution in [1.82, 2.24) is 9.97 Å². The van der Waals surface area contributed by atoms with E-state index in [1.54, 1.807) is 12.3 Å². The first-order valence-corrected chi connectivity index (χ1v) is 7.56. The van der Waals surface area contributed by atoms with Crippen LogP contribution in [0.5, 0.6) is 0 Å². The number of aromatic nitrogens is 2. The highest BCUT2D eigenvalue weighted by molar-refractivity contribution is 5.53. The van der Waals surface area contributed by atoms with Crippen molar-refractivity contribution in [3.05, 3.63) is 47.8 Å². The standard InChI is InChI=1S/C17H19N5/c1-13-4-2-6-16(20-13)21-15-7-10-22(11-8-15)17-14(12-18)5-3-9-19-17/h2-6,9,15H,7-8,10-11H2,1H3,(H,20,21). The maximum Gasteiger partial charge on any atom is 0.146 e. The molecule has 1 N–H and O–H groups in total. The lowest BCUT2D eigenvalue weighted by Gasteiger charge is -2.33. The van der Waals surface area contributed by atoms with Crippen LogP contribution in [0.25, 0.3) is 0 Å². The van der Waals surface area contributed by atoms with E-state index in [0.29, 0.717) is 11.6 Å². The molecule has 22 heavy (non-hydrogen) atoms. The van der Waals surface area contributed by atoms with E-state index >= 15 is 0 Å². The summed E-state index contributed by atoms with van der Waals surface area (Å²) in [5.41, 5.74) is 1.67. The van der Waals surface area contributed by atoms with E-state index in [1.807, 2.05) is 31.2 Å². The molecule has 0 bridgehead atoms. The first-order chi connectivity index (χ1) is 10.8. The maximum absolute atomic E-state index is 9.18. The van der Waals surface area contributed by atoms with Crippen LogP contribution in [0.3, 0.4) is 0 Å². The summed E-state index contributed by atoms with van der Waals surface area (Å²) >= 11 is 0. The first-order valence-electron chi connectivity index (χ1n) is 7.56. The van der Waals surface area contributed by atoms with Crippen molar-refractivity contribution in [3.8, 4) is 6.07 Å². The molecule has 0 aromatic carbocycles. The average molecular weight is 293 g/mol. The molecule has 2 aromatic rings. The Labute approximate surface area is 130 Å². The van der Waals surface area contributed by atoms with Crippen molar-refractivity contribution in [1.29, 1.82) is 5.26 Å². The summed E-state index contributed by atoms with van der Waals surface area (Å²) in [6.07, 6.45) is 3.77. The van der Waals surface area contributed by atoms with Crippen LogP contribution in [0.2, 0.25) is 0 Å². The van der Waals surface area contributed by atoms with E-state index in [4.69, 9.17) is 0 Å². The fraction of sp³-hybridized carbons (Fsp3) is 0.353. The Balaban J connectivity index is 1.62. The molecule has 0 amide bonds. The Morgan fingerprint density at radius 1 is 1.23 bits per heavy atom. The van der Waals surface area contributed by atoms with Crippen LogP contribution in [0.15, 0.2) is 36.5 Å². The van der Waals surface area contributed by atoms with Crippen molar-refractivity contribution >= 4 is 11.6 Å². The summed E-state index contributed by atoms with van der Waals surface area (Å²) in [5, 5.41) is 12.7. The van der Waals surface area contributed by atoms with E-state index in [2.05, 4.69) is 26.3 Å². The van der Waals surface area contributed by atoms with Crippen LogP contribution in [-0.4, -0.2) is 29.1 Å². The molecule has 5 nitrogen and oxygen atoms in total. The van der Waals surface area contributed by atoms with Crippen molar-refractivity contribution < 1.29 is 0 Å². The lowest BCUT2D eigenvalue weighted by atomic mass is 10.0. The van der Waals surface area contributed by atoms with Crippen LogP contribution in [0.4, 0.5) is 11.6 Å². The SMILES string of the molecule is Cc1cccc(NC2CCN(c3ncccc3C#N)CC2)n1. The van der Waals surface area contributed by atoms with E-state index in [-0.39, 0.29) is 0 Å². The average Bonchev–Trinajstić information content (AvgIpc) is 2.56. The second-order valence-electron chi connectivity index (χ2n) is 5.56. The van der Waals surface area contributed by atoms with Crippen LogP contribution >= 0.6 is 0 Å². The molecule has 0 unspecified atom stereocenters. The van der Waals surface area contributed by atoms with Crippen molar-refractivity contribution in [2.24, 2.45) is 0 Å². The van der Waals surface area contributed by atoms with Crippen molar-refractivity contribution in [2.45, 2.75) is 25.8 Å². The molecular weight excluding hydrogens is 274 g/mol. The largest absolute Gasteiger partial charge is 0.367 e.